The highest BCUT2D eigenvalue weighted by Gasteiger charge is 2.06. The van der Waals surface area contributed by atoms with Gasteiger partial charge in [0.15, 0.2) is 0 Å². The van der Waals surface area contributed by atoms with E-state index in [0.29, 0.717) is 12.2 Å². The van der Waals surface area contributed by atoms with Crippen LogP contribution in [0.4, 0.5) is 5.69 Å². The first-order chi connectivity index (χ1) is 10.2. The summed E-state index contributed by atoms with van der Waals surface area (Å²) >= 11 is 0. The minimum atomic E-state index is -0.125. The molecule has 2 aromatic rings. The van der Waals surface area contributed by atoms with E-state index in [1.807, 2.05) is 38.2 Å². The van der Waals surface area contributed by atoms with Gasteiger partial charge in [-0.2, -0.15) is 0 Å². The van der Waals surface area contributed by atoms with Crippen LogP contribution in [0.25, 0.3) is 0 Å². The van der Waals surface area contributed by atoms with Gasteiger partial charge in [0.25, 0.3) is 5.91 Å². The maximum atomic E-state index is 12.2. The fourth-order valence-corrected chi connectivity index (χ4v) is 2.04. The second-order valence-electron chi connectivity index (χ2n) is 4.64. The van der Waals surface area contributed by atoms with Crippen LogP contribution in [-0.4, -0.2) is 19.6 Å². The topological polar surface area (TPSA) is 50.4 Å². The van der Waals surface area contributed by atoms with E-state index in [4.69, 9.17) is 4.74 Å². The molecule has 110 valence electrons. The molecule has 4 heteroatoms. The standard InChI is InChI=1S/C17H20N2O2/c1-3-21-16-9-7-14(8-10-16)17(20)19-15-6-4-5-13(11-15)12-18-2/h4-11,18H,3,12H2,1-2H3,(H,19,20). The Labute approximate surface area is 125 Å². The summed E-state index contributed by atoms with van der Waals surface area (Å²) in [5, 5.41) is 5.99. The minimum Gasteiger partial charge on any atom is -0.494 e. The maximum Gasteiger partial charge on any atom is 0.255 e. The van der Waals surface area contributed by atoms with Crippen molar-refractivity contribution < 1.29 is 9.53 Å². The molecule has 0 aliphatic rings. The van der Waals surface area contributed by atoms with Crippen LogP contribution in [0.15, 0.2) is 48.5 Å². The van der Waals surface area contributed by atoms with Crippen molar-refractivity contribution in [3.63, 3.8) is 0 Å². The second-order valence-corrected chi connectivity index (χ2v) is 4.64. The molecule has 0 unspecified atom stereocenters. The Morgan fingerprint density at radius 1 is 1.14 bits per heavy atom. The van der Waals surface area contributed by atoms with Crippen molar-refractivity contribution in [2.75, 3.05) is 19.0 Å². The number of benzene rings is 2. The van der Waals surface area contributed by atoms with Gasteiger partial charge in [-0.1, -0.05) is 12.1 Å². The van der Waals surface area contributed by atoms with Crippen LogP contribution in [0.2, 0.25) is 0 Å². The van der Waals surface area contributed by atoms with E-state index in [1.165, 1.54) is 0 Å². The molecule has 4 nitrogen and oxygen atoms in total. The lowest BCUT2D eigenvalue weighted by atomic mass is 10.1. The van der Waals surface area contributed by atoms with E-state index in [1.54, 1.807) is 24.3 Å². The van der Waals surface area contributed by atoms with Gasteiger partial charge in [0.2, 0.25) is 0 Å². The molecule has 0 aliphatic heterocycles. The molecule has 2 N–H and O–H groups in total. The summed E-state index contributed by atoms with van der Waals surface area (Å²) < 4.78 is 5.36. The van der Waals surface area contributed by atoms with Crippen molar-refractivity contribution in [3.05, 3.63) is 59.7 Å². The van der Waals surface area contributed by atoms with Crippen LogP contribution in [0.5, 0.6) is 5.75 Å². The van der Waals surface area contributed by atoms with E-state index < -0.39 is 0 Å². The smallest absolute Gasteiger partial charge is 0.255 e. The number of hydrogen-bond donors (Lipinski definition) is 2. The van der Waals surface area contributed by atoms with E-state index in [-0.39, 0.29) is 5.91 Å². The number of nitrogens with one attached hydrogen (secondary N) is 2. The normalized spacial score (nSPS) is 10.2. The third-order valence-electron chi connectivity index (χ3n) is 2.99. The largest absolute Gasteiger partial charge is 0.494 e. The Morgan fingerprint density at radius 3 is 2.57 bits per heavy atom. The zero-order valence-corrected chi connectivity index (χ0v) is 12.3. The highest BCUT2D eigenvalue weighted by Crippen LogP contribution is 2.15. The average Bonchev–Trinajstić information content (AvgIpc) is 2.49. The molecular formula is C17H20N2O2. The van der Waals surface area contributed by atoms with Gasteiger partial charge >= 0.3 is 0 Å². The molecule has 2 aromatic carbocycles. The second kappa shape index (κ2) is 7.45. The number of amides is 1. The van der Waals surface area contributed by atoms with Crippen LogP contribution < -0.4 is 15.4 Å². The zero-order chi connectivity index (χ0) is 15.1. The number of rotatable bonds is 6. The summed E-state index contributed by atoms with van der Waals surface area (Å²) in [6.07, 6.45) is 0. The Kier molecular flexibility index (Phi) is 5.35. The molecule has 0 atom stereocenters. The lowest BCUT2D eigenvalue weighted by Gasteiger charge is -2.08. The number of carbonyl (C=O) groups is 1. The fraction of sp³-hybridized carbons (Fsp3) is 0.235. The zero-order valence-electron chi connectivity index (χ0n) is 12.3. The molecule has 0 radical (unpaired) electrons. The molecule has 0 saturated heterocycles. The number of anilines is 1. The van der Waals surface area contributed by atoms with Crippen molar-refractivity contribution in [1.29, 1.82) is 0 Å². The van der Waals surface area contributed by atoms with E-state index >= 15 is 0 Å². The summed E-state index contributed by atoms with van der Waals surface area (Å²) in [6, 6.07) is 14.9. The first kappa shape index (κ1) is 15.1. The predicted molar refractivity (Wildman–Crippen MR) is 84.8 cm³/mol. The van der Waals surface area contributed by atoms with Gasteiger partial charge in [0.05, 0.1) is 6.61 Å². The molecule has 2 rings (SSSR count). The third kappa shape index (κ3) is 4.33. The van der Waals surface area contributed by atoms with E-state index in [9.17, 15) is 4.79 Å². The van der Waals surface area contributed by atoms with Gasteiger partial charge in [-0.15, -0.1) is 0 Å². The molecule has 0 fully saturated rings. The van der Waals surface area contributed by atoms with Gasteiger partial charge in [0.1, 0.15) is 5.75 Å². The van der Waals surface area contributed by atoms with E-state index in [2.05, 4.69) is 10.6 Å². The summed E-state index contributed by atoms with van der Waals surface area (Å²) in [5.74, 6) is 0.643. The molecule has 0 bridgehead atoms. The van der Waals surface area contributed by atoms with Crippen LogP contribution in [0, 0.1) is 0 Å². The van der Waals surface area contributed by atoms with Crippen molar-refractivity contribution in [3.8, 4) is 5.75 Å². The summed E-state index contributed by atoms with van der Waals surface area (Å²) in [7, 11) is 1.89. The predicted octanol–water partition coefficient (Wildman–Crippen LogP) is 3.06. The highest BCUT2D eigenvalue weighted by atomic mass is 16.5. The fourth-order valence-electron chi connectivity index (χ4n) is 2.04. The summed E-state index contributed by atoms with van der Waals surface area (Å²) in [5.41, 5.74) is 2.53. The maximum absolute atomic E-state index is 12.2. The van der Waals surface area contributed by atoms with Crippen molar-refractivity contribution in [2.24, 2.45) is 0 Å². The average molecular weight is 284 g/mol. The van der Waals surface area contributed by atoms with Gasteiger partial charge < -0.3 is 15.4 Å². The first-order valence-electron chi connectivity index (χ1n) is 7.00. The number of carbonyl (C=O) groups excluding carboxylic acids is 1. The Morgan fingerprint density at radius 2 is 1.90 bits per heavy atom. The van der Waals surface area contributed by atoms with Crippen LogP contribution in [0.3, 0.4) is 0 Å². The number of ether oxygens (including phenoxy) is 1. The quantitative estimate of drug-likeness (QED) is 0.857. The third-order valence-corrected chi connectivity index (χ3v) is 2.99. The Hall–Kier alpha value is -2.33. The minimum absolute atomic E-state index is 0.125. The lowest BCUT2D eigenvalue weighted by molar-refractivity contribution is 0.102. The van der Waals surface area contributed by atoms with E-state index in [0.717, 1.165) is 23.5 Å². The molecule has 0 aromatic heterocycles. The SMILES string of the molecule is CCOc1ccc(C(=O)Nc2cccc(CNC)c2)cc1. The number of hydrogen-bond acceptors (Lipinski definition) is 3. The highest BCUT2D eigenvalue weighted by molar-refractivity contribution is 6.04. The van der Waals surface area contributed by atoms with Gasteiger partial charge in [0, 0.05) is 17.8 Å². The lowest BCUT2D eigenvalue weighted by Crippen LogP contribution is -2.12. The van der Waals surface area contributed by atoms with Crippen molar-refractivity contribution in [2.45, 2.75) is 13.5 Å². The Balaban J connectivity index is 2.05. The van der Waals surface area contributed by atoms with Crippen LogP contribution in [-0.2, 0) is 6.54 Å². The molecular weight excluding hydrogens is 264 g/mol. The van der Waals surface area contributed by atoms with Gasteiger partial charge in [-0.05, 0) is 55.9 Å². The summed E-state index contributed by atoms with van der Waals surface area (Å²) in [6.45, 7) is 3.31. The van der Waals surface area contributed by atoms with Crippen LogP contribution >= 0.6 is 0 Å². The monoisotopic (exact) mass is 284 g/mol. The Bertz CT molecular complexity index is 594. The molecule has 1 amide bonds. The molecule has 0 spiro atoms. The van der Waals surface area contributed by atoms with Crippen LogP contribution in [0.1, 0.15) is 22.8 Å². The summed E-state index contributed by atoms with van der Waals surface area (Å²) in [4.78, 5) is 12.2. The van der Waals surface area contributed by atoms with Gasteiger partial charge in [-0.3, -0.25) is 4.79 Å². The molecule has 21 heavy (non-hydrogen) atoms. The van der Waals surface area contributed by atoms with Crippen molar-refractivity contribution in [1.82, 2.24) is 5.32 Å². The van der Waals surface area contributed by atoms with Crippen molar-refractivity contribution >= 4 is 11.6 Å². The first-order valence-corrected chi connectivity index (χ1v) is 7.00. The van der Waals surface area contributed by atoms with Gasteiger partial charge in [-0.25, -0.2) is 0 Å². The molecule has 0 heterocycles. The molecule has 0 aliphatic carbocycles. The molecule has 0 saturated carbocycles.